The van der Waals surface area contributed by atoms with Crippen LogP contribution in [-0.4, -0.2) is 43.5 Å². The monoisotopic (exact) mass is 520 g/mol. The number of hydrogen-bond acceptors (Lipinski definition) is 6. The zero-order valence-electron chi connectivity index (χ0n) is 18.7. The van der Waals surface area contributed by atoms with E-state index in [-0.39, 0.29) is 41.7 Å². The highest BCUT2D eigenvalue weighted by Gasteiger charge is 2.53. The molecule has 3 aromatic rings. The highest BCUT2D eigenvalue weighted by molar-refractivity contribution is 7.91. The number of nitrogens with zero attached hydrogens (tertiary/aromatic N) is 2. The Balaban J connectivity index is 1.52. The second-order valence-electron chi connectivity index (χ2n) is 8.92. The van der Waals surface area contributed by atoms with E-state index in [1.807, 2.05) is 12.1 Å². The Morgan fingerprint density at radius 3 is 2.60 bits per heavy atom. The van der Waals surface area contributed by atoms with Crippen LogP contribution in [0.4, 0.5) is 8.78 Å². The summed E-state index contributed by atoms with van der Waals surface area (Å²) in [5, 5.41) is 0.515. The van der Waals surface area contributed by atoms with E-state index in [0.29, 0.717) is 17.9 Å². The van der Waals surface area contributed by atoms with E-state index in [1.54, 1.807) is 12.1 Å². The first-order valence-electron chi connectivity index (χ1n) is 11.3. The van der Waals surface area contributed by atoms with E-state index in [4.69, 9.17) is 21.1 Å². The molecule has 2 aliphatic heterocycles. The van der Waals surface area contributed by atoms with Crippen LogP contribution < -0.4 is 4.74 Å². The molecule has 3 atom stereocenters. The van der Waals surface area contributed by atoms with Crippen LogP contribution in [0.2, 0.25) is 5.02 Å². The van der Waals surface area contributed by atoms with Gasteiger partial charge in [-0.1, -0.05) is 23.7 Å². The molecule has 0 unspecified atom stereocenters. The normalized spacial score (nSPS) is 23.7. The maximum absolute atomic E-state index is 15.3. The van der Waals surface area contributed by atoms with Gasteiger partial charge in [0.15, 0.2) is 26.4 Å². The van der Waals surface area contributed by atoms with Crippen molar-refractivity contribution in [2.75, 3.05) is 19.0 Å². The first-order chi connectivity index (χ1) is 16.8. The molecule has 0 saturated carbocycles. The van der Waals surface area contributed by atoms with Crippen molar-refractivity contribution in [3.05, 3.63) is 82.8 Å². The zero-order valence-corrected chi connectivity index (χ0v) is 20.2. The average Bonchev–Trinajstić information content (AvgIpc) is 2.86. The Labute approximate surface area is 207 Å². The van der Waals surface area contributed by atoms with Gasteiger partial charge in [-0.05, 0) is 55.2 Å². The van der Waals surface area contributed by atoms with E-state index in [2.05, 4.69) is 9.97 Å². The van der Waals surface area contributed by atoms with Gasteiger partial charge in [-0.15, -0.1) is 0 Å². The van der Waals surface area contributed by atoms with Crippen LogP contribution in [0.1, 0.15) is 24.0 Å². The van der Waals surface area contributed by atoms with Gasteiger partial charge in [0.1, 0.15) is 12.1 Å². The molecule has 0 radical (unpaired) electrons. The average molecular weight is 521 g/mol. The van der Waals surface area contributed by atoms with Crippen LogP contribution in [0.25, 0.3) is 0 Å². The van der Waals surface area contributed by atoms with Crippen LogP contribution in [-0.2, 0) is 26.4 Å². The summed E-state index contributed by atoms with van der Waals surface area (Å²) >= 11 is 6.06. The summed E-state index contributed by atoms with van der Waals surface area (Å²) in [6.07, 6.45) is 3.02. The standard InChI is InChI=1S/C25H23ClF2N2O4S/c26-17-3-1-16(2-4-17)13-25-9-11-33-21(8-12-35(31,32)22-7-10-29-15-30-22)18(25)14-34-24-20(28)6-5-19(27)23(24)25/h1-7,10,15,18,21H,8-9,11-14H2/t18-,21-,25-/m0/s1. The number of sulfone groups is 1. The van der Waals surface area contributed by atoms with Crippen LogP contribution in [0.5, 0.6) is 5.75 Å². The Morgan fingerprint density at radius 2 is 1.86 bits per heavy atom. The summed E-state index contributed by atoms with van der Waals surface area (Å²) in [5.41, 5.74) is 0.260. The van der Waals surface area contributed by atoms with E-state index in [0.717, 1.165) is 17.7 Å². The maximum Gasteiger partial charge on any atom is 0.195 e. The van der Waals surface area contributed by atoms with Crippen LogP contribution >= 0.6 is 11.6 Å². The molecule has 0 amide bonds. The fourth-order valence-electron chi connectivity index (χ4n) is 5.34. The molecule has 5 rings (SSSR count). The molecule has 1 saturated heterocycles. The minimum atomic E-state index is -3.68. The van der Waals surface area contributed by atoms with Crippen LogP contribution in [0, 0.1) is 17.6 Å². The van der Waals surface area contributed by atoms with Gasteiger partial charge >= 0.3 is 0 Å². The number of hydrogen-bond donors (Lipinski definition) is 0. The van der Waals surface area contributed by atoms with Crippen molar-refractivity contribution < 1.29 is 26.7 Å². The molecular weight excluding hydrogens is 498 g/mol. The van der Waals surface area contributed by atoms with Gasteiger partial charge in [0.25, 0.3) is 0 Å². The third-order valence-electron chi connectivity index (χ3n) is 6.98. The lowest BCUT2D eigenvalue weighted by molar-refractivity contribution is -0.0963. The third kappa shape index (κ3) is 4.52. The highest BCUT2D eigenvalue weighted by atomic mass is 35.5. The van der Waals surface area contributed by atoms with Crippen molar-refractivity contribution >= 4 is 21.4 Å². The summed E-state index contributed by atoms with van der Waals surface area (Å²) in [4.78, 5) is 7.62. The fourth-order valence-corrected chi connectivity index (χ4v) is 6.69. The minimum Gasteiger partial charge on any atom is -0.490 e. The van der Waals surface area contributed by atoms with Gasteiger partial charge in [0, 0.05) is 34.7 Å². The Hall–Kier alpha value is -2.62. The molecular formula is C25H23ClF2N2O4S. The molecule has 0 bridgehead atoms. The molecule has 10 heteroatoms. The quantitative estimate of drug-likeness (QED) is 0.444. The van der Waals surface area contributed by atoms with Crippen molar-refractivity contribution in [2.45, 2.75) is 35.8 Å². The van der Waals surface area contributed by atoms with E-state index in [9.17, 15) is 12.8 Å². The first kappa shape index (κ1) is 24.1. The van der Waals surface area contributed by atoms with Crippen LogP contribution in [0.15, 0.2) is 60.0 Å². The summed E-state index contributed by atoms with van der Waals surface area (Å²) < 4.78 is 67.5. The molecule has 35 heavy (non-hydrogen) atoms. The molecule has 184 valence electrons. The largest absolute Gasteiger partial charge is 0.490 e. The lowest BCUT2D eigenvalue weighted by Gasteiger charge is -2.51. The van der Waals surface area contributed by atoms with Gasteiger partial charge in [-0.3, -0.25) is 0 Å². The molecule has 0 spiro atoms. The predicted octanol–water partition coefficient (Wildman–Crippen LogP) is 4.55. The molecule has 1 aromatic heterocycles. The number of ether oxygens (including phenoxy) is 2. The van der Waals surface area contributed by atoms with Crippen LogP contribution in [0.3, 0.4) is 0 Å². The van der Waals surface area contributed by atoms with E-state index < -0.39 is 38.9 Å². The van der Waals surface area contributed by atoms with Crippen molar-refractivity contribution in [1.82, 2.24) is 9.97 Å². The summed E-state index contributed by atoms with van der Waals surface area (Å²) in [6, 6.07) is 10.8. The number of benzene rings is 2. The maximum atomic E-state index is 15.3. The van der Waals surface area contributed by atoms with Crippen molar-refractivity contribution in [1.29, 1.82) is 0 Å². The molecule has 6 nitrogen and oxygen atoms in total. The van der Waals surface area contributed by atoms with E-state index >= 15 is 4.39 Å². The van der Waals surface area contributed by atoms with Gasteiger partial charge < -0.3 is 9.47 Å². The number of fused-ring (bicyclic) bond motifs is 3. The van der Waals surface area contributed by atoms with E-state index in [1.165, 1.54) is 18.6 Å². The van der Waals surface area contributed by atoms with Gasteiger partial charge in [-0.2, -0.15) is 0 Å². The minimum absolute atomic E-state index is 0.0610. The molecule has 0 N–H and O–H groups in total. The number of aromatic nitrogens is 2. The molecule has 2 aromatic carbocycles. The fraction of sp³-hybridized carbons (Fsp3) is 0.360. The van der Waals surface area contributed by atoms with Gasteiger partial charge in [-0.25, -0.2) is 27.2 Å². The smallest absolute Gasteiger partial charge is 0.195 e. The molecule has 3 heterocycles. The van der Waals surface area contributed by atoms with Crippen molar-refractivity contribution in [3.8, 4) is 5.75 Å². The zero-order chi connectivity index (χ0) is 24.6. The Morgan fingerprint density at radius 1 is 1.09 bits per heavy atom. The van der Waals surface area contributed by atoms with Gasteiger partial charge in [0.05, 0.1) is 18.5 Å². The molecule has 0 aliphatic carbocycles. The predicted molar refractivity (Wildman–Crippen MR) is 125 cm³/mol. The first-order valence-corrected chi connectivity index (χ1v) is 13.3. The lowest BCUT2D eigenvalue weighted by atomic mass is 9.60. The highest BCUT2D eigenvalue weighted by Crippen LogP contribution is 2.52. The van der Waals surface area contributed by atoms with Gasteiger partial charge in [0.2, 0.25) is 0 Å². The van der Waals surface area contributed by atoms with Crippen molar-refractivity contribution in [2.24, 2.45) is 5.92 Å². The molecule has 1 fully saturated rings. The second kappa shape index (κ2) is 9.44. The Kier molecular flexibility index (Phi) is 6.50. The van der Waals surface area contributed by atoms with Crippen molar-refractivity contribution in [3.63, 3.8) is 0 Å². The summed E-state index contributed by atoms with van der Waals surface area (Å²) in [7, 11) is -3.68. The molecule has 2 aliphatic rings. The summed E-state index contributed by atoms with van der Waals surface area (Å²) in [6.45, 7) is 0.358. The number of rotatable bonds is 6. The SMILES string of the molecule is O=S(=O)(CC[C@@H]1OCC[C@@]2(Cc3ccc(Cl)cc3)c3c(F)ccc(F)c3OC[C@@H]12)c1ccncn1. The summed E-state index contributed by atoms with van der Waals surface area (Å²) in [5.74, 6) is -1.85. The Bertz CT molecular complexity index is 1330. The number of halogens is 3. The lowest BCUT2D eigenvalue weighted by Crippen LogP contribution is -2.55. The third-order valence-corrected chi connectivity index (χ3v) is 8.88. The second-order valence-corrected chi connectivity index (χ2v) is 11.4. The topological polar surface area (TPSA) is 78.4 Å².